The molecule has 1 aromatic heterocycles. The number of fused-ring (bicyclic) bond motifs is 1. The zero-order chi connectivity index (χ0) is 18.3. The molecule has 3 aromatic rings. The number of aromatic amines is 1. The molecular weight excluding hydrogens is 344 g/mol. The number of H-pyrrole nitrogens is 1. The molecule has 4 rings (SSSR count). The average molecular weight is 369 g/mol. The van der Waals surface area contributed by atoms with Gasteiger partial charge in [-0.15, -0.1) is 0 Å². The van der Waals surface area contributed by atoms with E-state index in [9.17, 15) is 8.42 Å². The van der Waals surface area contributed by atoms with Gasteiger partial charge < -0.3 is 4.98 Å². The molecule has 0 bridgehead atoms. The van der Waals surface area contributed by atoms with Gasteiger partial charge in [0, 0.05) is 30.2 Å². The molecule has 0 amide bonds. The number of piperidine rings is 1. The van der Waals surface area contributed by atoms with E-state index in [1.54, 1.807) is 16.4 Å². The summed E-state index contributed by atoms with van der Waals surface area (Å²) in [6.45, 7) is 5.13. The van der Waals surface area contributed by atoms with Crippen molar-refractivity contribution in [2.45, 2.75) is 37.5 Å². The van der Waals surface area contributed by atoms with E-state index in [0.717, 1.165) is 29.6 Å². The molecule has 1 aliphatic heterocycles. The molecule has 1 atom stereocenters. The third kappa shape index (κ3) is 3.17. The van der Waals surface area contributed by atoms with Gasteiger partial charge in [-0.05, 0) is 68.0 Å². The van der Waals surface area contributed by atoms with Crippen LogP contribution in [0.1, 0.15) is 35.6 Å². The SMILES string of the molecule is Cc1cccc(S(=O)(=O)N2CCCC(c3cc4cc(C)ccc4[nH]3)C2)c1. The van der Waals surface area contributed by atoms with E-state index in [4.69, 9.17) is 0 Å². The number of sulfonamides is 1. The smallest absolute Gasteiger partial charge is 0.243 e. The number of benzene rings is 2. The predicted octanol–water partition coefficient (Wildman–Crippen LogP) is 4.35. The normalized spacial score (nSPS) is 19.1. The lowest BCUT2D eigenvalue weighted by atomic mass is 9.96. The molecule has 1 aliphatic rings. The Morgan fingerprint density at radius 3 is 2.65 bits per heavy atom. The average Bonchev–Trinajstić information content (AvgIpc) is 3.05. The maximum Gasteiger partial charge on any atom is 0.243 e. The Hall–Kier alpha value is -2.11. The maximum atomic E-state index is 13.0. The molecule has 0 aliphatic carbocycles. The second kappa shape index (κ2) is 6.56. The van der Waals surface area contributed by atoms with Gasteiger partial charge in [-0.3, -0.25) is 0 Å². The third-order valence-electron chi connectivity index (χ3n) is 5.25. The maximum absolute atomic E-state index is 13.0. The predicted molar refractivity (Wildman–Crippen MR) is 105 cm³/mol. The Balaban J connectivity index is 1.62. The van der Waals surface area contributed by atoms with Crippen molar-refractivity contribution in [3.8, 4) is 0 Å². The number of hydrogen-bond acceptors (Lipinski definition) is 2. The van der Waals surface area contributed by atoms with Gasteiger partial charge in [-0.2, -0.15) is 4.31 Å². The summed E-state index contributed by atoms with van der Waals surface area (Å²) in [4.78, 5) is 3.89. The van der Waals surface area contributed by atoms with Crippen LogP contribution in [0.4, 0.5) is 0 Å². The molecule has 0 spiro atoms. The highest BCUT2D eigenvalue weighted by molar-refractivity contribution is 7.89. The summed E-state index contributed by atoms with van der Waals surface area (Å²) in [5.74, 6) is 0.205. The molecule has 1 fully saturated rings. The van der Waals surface area contributed by atoms with Crippen molar-refractivity contribution in [2.24, 2.45) is 0 Å². The lowest BCUT2D eigenvalue weighted by molar-refractivity contribution is 0.313. The lowest BCUT2D eigenvalue weighted by Crippen LogP contribution is -2.39. The van der Waals surface area contributed by atoms with Crippen molar-refractivity contribution >= 4 is 20.9 Å². The van der Waals surface area contributed by atoms with Crippen molar-refractivity contribution < 1.29 is 8.42 Å². The van der Waals surface area contributed by atoms with Gasteiger partial charge in [-0.25, -0.2) is 8.42 Å². The van der Waals surface area contributed by atoms with E-state index >= 15 is 0 Å². The van der Waals surface area contributed by atoms with Crippen LogP contribution in [0.2, 0.25) is 0 Å². The van der Waals surface area contributed by atoms with Crippen LogP contribution in [0.3, 0.4) is 0 Å². The first-order valence-corrected chi connectivity index (χ1v) is 10.5. The minimum atomic E-state index is -3.44. The van der Waals surface area contributed by atoms with Gasteiger partial charge in [0.2, 0.25) is 10.0 Å². The van der Waals surface area contributed by atoms with Crippen molar-refractivity contribution in [3.63, 3.8) is 0 Å². The topological polar surface area (TPSA) is 53.2 Å². The highest BCUT2D eigenvalue weighted by atomic mass is 32.2. The third-order valence-corrected chi connectivity index (χ3v) is 7.11. The summed E-state index contributed by atoms with van der Waals surface area (Å²) in [7, 11) is -3.44. The largest absolute Gasteiger partial charge is 0.358 e. The van der Waals surface area contributed by atoms with Gasteiger partial charge in [0.1, 0.15) is 0 Å². The van der Waals surface area contributed by atoms with Crippen LogP contribution < -0.4 is 0 Å². The number of rotatable bonds is 3. The first-order valence-electron chi connectivity index (χ1n) is 9.09. The van der Waals surface area contributed by atoms with Gasteiger partial charge in [-0.1, -0.05) is 23.8 Å². The second-order valence-corrected chi connectivity index (χ2v) is 9.27. The number of nitrogens with zero attached hydrogens (tertiary/aromatic N) is 1. The Morgan fingerprint density at radius 2 is 1.85 bits per heavy atom. The van der Waals surface area contributed by atoms with E-state index < -0.39 is 10.0 Å². The van der Waals surface area contributed by atoms with Crippen LogP contribution in [0.15, 0.2) is 53.4 Å². The highest BCUT2D eigenvalue weighted by Gasteiger charge is 2.31. The fraction of sp³-hybridized carbons (Fsp3) is 0.333. The molecule has 1 unspecified atom stereocenters. The first kappa shape index (κ1) is 17.3. The summed E-state index contributed by atoms with van der Waals surface area (Å²) < 4.78 is 27.7. The fourth-order valence-electron chi connectivity index (χ4n) is 3.83. The number of hydrogen-bond donors (Lipinski definition) is 1. The molecule has 0 saturated carbocycles. The quantitative estimate of drug-likeness (QED) is 0.747. The Kier molecular flexibility index (Phi) is 4.37. The lowest BCUT2D eigenvalue weighted by Gasteiger charge is -2.31. The van der Waals surface area contributed by atoms with E-state index in [1.807, 2.05) is 19.1 Å². The fourth-order valence-corrected chi connectivity index (χ4v) is 5.46. The van der Waals surface area contributed by atoms with Gasteiger partial charge in [0.15, 0.2) is 0 Å². The van der Waals surface area contributed by atoms with Crippen LogP contribution in [-0.4, -0.2) is 30.8 Å². The summed E-state index contributed by atoms with van der Waals surface area (Å²) in [5.41, 5.74) is 4.44. The van der Waals surface area contributed by atoms with E-state index in [-0.39, 0.29) is 5.92 Å². The minimum absolute atomic E-state index is 0.205. The van der Waals surface area contributed by atoms with Crippen molar-refractivity contribution in [1.82, 2.24) is 9.29 Å². The summed E-state index contributed by atoms with van der Waals surface area (Å²) in [6.07, 6.45) is 1.88. The van der Waals surface area contributed by atoms with Crippen LogP contribution in [0.5, 0.6) is 0 Å². The Morgan fingerprint density at radius 1 is 1.04 bits per heavy atom. The molecule has 2 aromatic carbocycles. The molecule has 1 saturated heterocycles. The van der Waals surface area contributed by atoms with Gasteiger partial charge >= 0.3 is 0 Å². The molecule has 5 heteroatoms. The zero-order valence-corrected chi connectivity index (χ0v) is 16.0. The molecule has 2 heterocycles. The monoisotopic (exact) mass is 368 g/mol. The first-order chi connectivity index (χ1) is 12.4. The van der Waals surface area contributed by atoms with Gasteiger partial charge in [0.05, 0.1) is 4.90 Å². The number of aromatic nitrogens is 1. The molecule has 4 nitrogen and oxygen atoms in total. The van der Waals surface area contributed by atoms with Crippen molar-refractivity contribution in [3.05, 3.63) is 65.4 Å². The number of nitrogens with one attached hydrogen (secondary N) is 1. The summed E-state index contributed by atoms with van der Waals surface area (Å²) >= 11 is 0. The van der Waals surface area contributed by atoms with Crippen LogP contribution in [0, 0.1) is 13.8 Å². The van der Waals surface area contributed by atoms with E-state index in [2.05, 4.69) is 36.2 Å². The van der Waals surface area contributed by atoms with Crippen LogP contribution >= 0.6 is 0 Å². The molecular formula is C21H24N2O2S. The van der Waals surface area contributed by atoms with Crippen molar-refractivity contribution in [2.75, 3.05) is 13.1 Å². The van der Waals surface area contributed by atoms with E-state index in [0.29, 0.717) is 18.0 Å². The summed E-state index contributed by atoms with van der Waals surface area (Å²) in [6, 6.07) is 15.7. The van der Waals surface area contributed by atoms with E-state index in [1.165, 1.54) is 10.9 Å². The molecule has 0 radical (unpaired) electrons. The molecule has 1 N–H and O–H groups in total. The second-order valence-electron chi connectivity index (χ2n) is 7.33. The highest BCUT2D eigenvalue weighted by Crippen LogP contribution is 2.32. The number of aryl methyl sites for hydroxylation is 2. The van der Waals surface area contributed by atoms with Crippen LogP contribution in [0.25, 0.3) is 10.9 Å². The van der Waals surface area contributed by atoms with Crippen LogP contribution in [-0.2, 0) is 10.0 Å². The zero-order valence-electron chi connectivity index (χ0n) is 15.2. The minimum Gasteiger partial charge on any atom is -0.358 e. The van der Waals surface area contributed by atoms with Crippen molar-refractivity contribution in [1.29, 1.82) is 0 Å². The molecule has 26 heavy (non-hydrogen) atoms. The molecule has 136 valence electrons. The Bertz CT molecular complexity index is 1050. The van der Waals surface area contributed by atoms with Gasteiger partial charge in [0.25, 0.3) is 0 Å². The standard InChI is InChI=1S/C21H24N2O2S/c1-15-5-3-7-19(12-15)26(24,25)23-10-4-6-17(14-23)21-13-18-11-16(2)8-9-20(18)22-21/h3,5,7-9,11-13,17,22H,4,6,10,14H2,1-2H3. The Labute approximate surface area is 154 Å². The summed E-state index contributed by atoms with van der Waals surface area (Å²) in [5, 5.41) is 1.19.